The number of benzene rings is 7. The zero-order chi connectivity index (χ0) is 89.7. The van der Waals surface area contributed by atoms with Gasteiger partial charge in [-0.15, -0.1) is 0 Å². The summed E-state index contributed by atoms with van der Waals surface area (Å²) in [4.78, 5) is 21.0. The Hall–Kier alpha value is -7.44. The highest BCUT2D eigenvalue weighted by atomic mass is 79.9. The molecule has 1 fully saturated rings. The lowest BCUT2D eigenvalue weighted by molar-refractivity contribution is 0.00578. The number of nitrogens with one attached hydrogen (secondary N) is 2. The van der Waals surface area contributed by atoms with Crippen LogP contribution >= 0.6 is 47.8 Å². The molecule has 6 nitrogen and oxygen atoms in total. The molecule has 8 bridgehead atoms. The van der Waals surface area contributed by atoms with Gasteiger partial charge in [-0.1, -0.05) is 399 Å². The van der Waals surface area contributed by atoms with Crippen molar-refractivity contribution in [1.82, 2.24) is 19.9 Å². The molecule has 0 spiro atoms. The Morgan fingerprint density at radius 1 is 0.256 bits per heavy atom. The van der Waals surface area contributed by atoms with Gasteiger partial charge in [-0.3, -0.25) is 0 Å². The second-order valence-corrected chi connectivity index (χ2v) is 43.2. The number of halogens is 3. The zero-order valence-electron chi connectivity index (χ0n) is 79.9. The van der Waals surface area contributed by atoms with Gasteiger partial charge in [-0.2, -0.15) is 0 Å². The molecule has 3 aliphatic heterocycles. The third-order valence-electron chi connectivity index (χ3n) is 31.1. The topological polar surface area (TPSA) is 75.8 Å². The number of hydrogen-bond donors (Lipinski definition) is 2. The van der Waals surface area contributed by atoms with Crippen molar-refractivity contribution in [3.8, 4) is 77.9 Å². The number of aromatic nitrogens is 4. The van der Waals surface area contributed by atoms with Gasteiger partial charge in [0.2, 0.25) is 0 Å². The maximum atomic E-state index is 6.78. The van der Waals surface area contributed by atoms with Crippen LogP contribution < -0.4 is 5.46 Å². The van der Waals surface area contributed by atoms with E-state index in [-0.39, 0.29) is 16.2 Å². The van der Waals surface area contributed by atoms with E-state index < -0.39 is 18.3 Å². The van der Waals surface area contributed by atoms with Crippen molar-refractivity contribution >= 4 is 107 Å². The van der Waals surface area contributed by atoms with Crippen LogP contribution in [-0.2, 0) is 25.6 Å². The highest BCUT2D eigenvalue weighted by Crippen LogP contribution is 2.60. The fraction of sp³-hybridized carbons (Fsp3) is 0.479. The van der Waals surface area contributed by atoms with Crippen molar-refractivity contribution in [2.45, 2.75) is 366 Å². The maximum Gasteiger partial charge on any atom is 0.494 e. The van der Waals surface area contributed by atoms with Crippen molar-refractivity contribution in [3.63, 3.8) is 0 Å². The van der Waals surface area contributed by atoms with Crippen LogP contribution in [0.15, 0.2) is 171 Å². The molecular weight excluding hydrogens is 1770 g/mol. The summed E-state index contributed by atoms with van der Waals surface area (Å²) in [7, 11) is -0.513. The van der Waals surface area contributed by atoms with Gasteiger partial charge in [0.1, 0.15) is 0 Å². The zero-order valence-corrected chi connectivity index (χ0v) is 84.7. The summed E-state index contributed by atoms with van der Waals surface area (Å²) in [5.74, 6) is 0. The lowest BCUT2D eigenvalue weighted by atomic mass is 9.70. The first kappa shape index (κ1) is 94.7. The summed E-state index contributed by atoms with van der Waals surface area (Å²) in [5.41, 5.74) is 33.3. The van der Waals surface area contributed by atoms with E-state index in [0.29, 0.717) is 0 Å². The quantitative estimate of drug-likeness (QED) is 0.0294. The van der Waals surface area contributed by atoms with Crippen molar-refractivity contribution in [2.24, 2.45) is 0 Å². The first-order valence-electron chi connectivity index (χ1n) is 51.4. The summed E-state index contributed by atoms with van der Waals surface area (Å²) >= 11 is 12.3. The third kappa shape index (κ3) is 20.2. The number of rotatable bonds is 47. The number of H-pyrrole nitrogens is 2. The minimum Gasteiger partial charge on any atom is -0.399 e. The molecule has 10 heteroatoms. The molecule has 129 heavy (non-hydrogen) atoms. The smallest absolute Gasteiger partial charge is 0.399 e. The Bertz CT molecular complexity index is 5590. The predicted octanol–water partition coefficient (Wildman–Crippen LogP) is 37.2. The first-order valence-corrected chi connectivity index (χ1v) is 53.8. The Morgan fingerprint density at radius 2 is 0.473 bits per heavy atom. The molecule has 2 N–H and O–H groups in total. The van der Waals surface area contributed by atoms with Crippen molar-refractivity contribution < 1.29 is 9.31 Å². The molecule has 16 rings (SSSR count). The minimum absolute atomic E-state index is 0.171. The molecule has 0 amide bonds. The molecule has 6 heterocycles. The van der Waals surface area contributed by atoms with E-state index in [4.69, 9.17) is 19.3 Å². The second kappa shape index (κ2) is 43.3. The summed E-state index contributed by atoms with van der Waals surface area (Å²) in [6, 6.07) is 62.9. The number of aromatic amines is 2. The summed E-state index contributed by atoms with van der Waals surface area (Å²) in [5, 5.41) is 0. The summed E-state index contributed by atoms with van der Waals surface area (Å²) in [6.45, 7) is 22.6. The fourth-order valence-corrected chi connectivity index (χ4v) is 24.4. The Morgan fingerprint density at radius 3 is 0.729 bits per heavy atom. The normalized spacial score (nSPS) is 15.4. The van der Waals surface area contributed by atoms with E-state index in [1.165, 1.54) is 315 Å². The van der Waals surface area contributed by atoms with Crippen LogP contribution in [0.2, 0.25) is 0 Å². The first-order chi connectivity index (χ1) is 62.9. The standard InChI is InChI=1S/C119H146BBr3N4O2/c1-11-17-23-29-35-41-71-117(72-42-36-30-24-18-12-2)97-77-84(49-57-91(97)94-60-54-88(121)80-100(94)117)112-105-65-63-103(124-105)111(83-47-52-87(53-48-83)120-128-115(7,8)116(9,10)129-120)104-64-66-106(125-104)113(85-50-58-92-95-61-55-89(122)81-101(95)118(98(92)78-85,73-43-37-31-25-19-13-3)74-44-38-32-26-20-14-4)108-68-70-110(127-108)114(109-69-67-107(112)126-109)86-51-59-93-96-62-56-90(123)82-102(96)119(99(93)79-86,75-45-39-33-27-21-15-5)76-46-40-34-28-22-16-6/h47-70,77-82,124,127H,11-46,71-76H2,1-10H3. The van der Waals surface area contributed by atoms with E-state index in [2.05, 4.69) is 309 Å². The molecule has 3 aromatic heterocycles. The average Bonchev–Trinajstić information content (AvgIpc) is 1.57. The van der Waals surface area contributed by atoms with E-state index >= 15 is 0 Å². The predicted molar refractivity (Wildman–Crippen MR) is 566 cm³/mol. The van der Waals surface area contributed by atoms with Gasteiger partial charge in [0.25, 0.3) is 0 Å². The van der Waals surface area contributed by atoms with Crippen LogP contribution in [0.5, 0.6) is 0 Å². The molecule has 7 aromatic carbocycles. The molecule has 0 atom stereocenters. The minimum atomic E-state index is -0.513. The van der Waals surface area contributed by atoms with Gasteiger partial charge in [0.15, 0.2) is 0 Å². The molecule has 3 aliphatic carbocycles. The Balaban J connectivity index is 0.966. The Labute approximate surface area is 801 Å². The van der Waals surface area contributed by atoms with Gasteiger partial charge in [0.05, 0.1) is 34.0 Å². The lowest BCUT2D eigenvalue weighted by Gasteiger charge is -2.33. The van der Waals surface area contributed by atoms with E-state index in [1.807, 2.05) is 0 Å². The van der Waals surface area contributed by atoms with Gasteiger partial charge < -0.3 is 19.3 Å². The fourth-order valence-electron chi connectivity index (χ4n) is 23.3. The van der Waals surface area contributed by atoms with E-state index in [1.54, 1.807) is 0 Å². The monoisotopic (exact) mass is 1910 g/mol. The van der Waals surface area contributed by atoms with Crippen LogP contribution in [0.3, 0.4) is 0 Å². The van der Waals surface area contributed by atoms with E-state index in [9.17, 15) is 0 Å². The van der Waals surface area contributed by atoms with Crippen LogP contribution in [0.1, 0.15) is 395 Å². The van der Waals surface area contributed by atoms with Crippen molar-refractivity contribution in [1.29, 1.82) is 0 Å². The highest BCUT2D eigenvalue weighted by molar-refractivity contribution is 9.11. The molecule has 0 saturated carbocycles. The molecular formula is C119H146BBr3N4O2. The molecule has 0 radical (unpaired) electrons. The van der Waals surface area contributed by atoms with Gasteiger partial charge in [0, 0.05) is 74.0 Å². The number of nitrogens with zero attached hydrogens (tertiary/aromatic N) is 2. The number of fused-ring (bicyclic) bond motifs is 17. The molecule has 678 valence electrons. The van der Waals surface area contributed by atoms with Crippen molar-refractivity contribution in [3.05, 3.63) is 227 Å². The molecule has 10 aromatic rings. The average molecular weight is 1920 g/mol. The third-order valence-corrected chi connectivity index (χ3v) is 32.5. The van der Waals surface area contributed by atoms with Gasteiger partial charge >= 0.3 is 7.12 Å². The Kier molecular flexibility index (Phi) is 31.8. The van der Waals surface area contributed by atoms with Gasteiger partial charge in [-0.05, 0) is 264 Å². The summed E-state index contributed by atoms with van der Waals surface area (Å²) < 4.78 is 17.0. The van der Waals surface area contributed by atoms with Crippen LogP contribution in [0, 0.1) is 0 Å². The highest BCUT2D eigenvalue weighted by Gasteiger charge is 2.52. The maximum absolute atomic E-state index is 6.78. The lowest BCUT2D eigenvalue weighted by Crippen LogP contribution is -2.41. The van der Waals surface area contributed by atoms with Crippen LogP contribution in [0.4, 0.5) is 0 Å². The van der Waals surface area contributed by atoms with Crippen LogP contribution in [-0.4, -0.2) is 38.3 Å². The van der Waals surface area contributed by atoms with Gasteiger partial charge in [-0.25, -0.2) is 9.97 Å². The molecule has 1 saturated heterocycles. The number of unbranched alkanes of at least 4 members (excludes halogenated alkanes) is 30. The number of hydrogen-bond acceptors (Lipinski definition) is 4. The largest absolute Gasteiger partial charge is 0.494 e. The van der Waals surface area contributed by atoms with Crippen LogP contribution in [0.25, 0.3) is 124 Å². The summed E-state index contributed by atoms with van der Waals surface area (Å²) in [6.07, 6.45) is 61.5. The van der Waals surface area contributed by atoms with Crippen molar-refractivity contribution in [2.75, 3.05) is 0 Å². The molecule has 6 aliphatic rings. The SMILES string of the molecule is CCCCCCCCC1(CCCCCCCC)c2cc(Br)ccc2-c2ccc(-c3c4nc(c(-c5ccc6c(c5)C(CCCCCCCC)(CCCCCCCC)c5cc(Br)ccc5-6)c5ccc([nH]5)c(-c5ccc6c(c5)C(CCCCCCCC)(CCCCCCCC)c5cc(Br)ccc5-6)c5nc(c(-c6ccc(B7OC(C)(C)C(C)(C)O7)cc6)c6ccc3[nH]6)C=C5)C=C4)cc21. The second-order valence-electron chi connectivity index (χ2n) is 40.4. The molecule has 0 unspecified atom stereocenters. The van der Waals surface area contributed by atoms with E-state index in [0.717, 1.165) is 130 Å².